The minimum Gasteiger partial charge on any atom is -0.662 e. The van der Waals surface area contributed by atoms with Crippen LogP contribution >= 0.6 is 0 Å². The predicted molar refractivity (Wildman–Crippen MR) is 67.4 cm³/mol. The second-order valence-electron chi connectivity index (χ2n) is 3.34. The fourth-order valence-corrected chi connectivity index (χ4v) is 0.856. The average molecular weight is 248 g/mol. The molecular formula is C12H28N2Ti. The monoisotopic (exact) mass is 248 g/mol. The quantitative estimate of drug-likeness (QED) is 0.451. The van der Waals surface area contributed by atoms with E-state index in [2.05, 4.69) is 38.3 Å². The normalized spacial score (nSPS) is 8.80. The molecule has 0 aliphatic rings. The molecular weight excluding hydrogens is 220 g/mol. The van der Waals surface area contributed by atoms with Crippen molar-refractivity contribution in [2.24, 2.45) is 0 Å². The fourth-order valence-electron chi connectivity index (χ4n) is 0.856. The zero-order chi connectivity index (χ0) is 11.1. The summed E-state index contributed by atoms with van der Waals surface area (Å²) in [5, 5.41) is 8.42. The summed E-state index contributed by atoms with van der Waals surface area (Å²) in [6.45, 7) is 12.8. The minimum absolute atomic E-state index is 0. The van der Waals surface area contributed by atoms with Crippen LogP contribution in [0.2, 0.25) is 0 Å². The van der Waals surface area contributed by atoms with Crippen molar-refractivity contribution in [3.63, 3.8) is 0 Å². The standard InChI is InChI=1S/2C6H14N.Ti/c2*1-3-5-7-6-4-2;/h2*3-6H2,1-2H3;/q2*-1;+2. The van der Waals surface area contributed by atoms with Gasteiger partial charge in [-0.3, -0.25) is 0 Å². The Bertz CT molecular complexity index is 62.0. The summed E-state index contributed by atoms with van der Waals surface area (Å²) in [6.07, 6.45) is 4.78. The van der Waals surface area contributed by atoms with E-state index in [4.69, 9.17) is 0 Å². The maximum atomic E-state index is 4.21. The molecule has 15 heavy (non-hydrogen) atoms. The molecule has 0 aliphatic carbocycles. The van der Waals surface area contributed by atoms with E-state index in [0.29, 0.717) is 0 Å². The molecule has 0 spiro atoms. The fraction of sp³-hybridized carbons (Fsp3) is 1.00. The maximum Gasteiger partial charge on any atom is 2.00 e. The molecule has 0 N–H and O–H groups in total. The van der Waals surface area contributed by atoms with Crippen molar-refractivity contribution < 1.29 is 21.7 Å². The second-order valence-corrected chi connectivity index (χ2v) is 3.34. The third-order valence-electron chi connectivity index (χ3n) is 1.53. The summed E-state index contributed by atoms with van der Waals surface area (Å²) >= 11 is 0. The number of rotatable bonds is 8. The number of nitrogens with zero attached hydrogens (tertiary/aromatic N) is 2. The molecule has 0 rings (SSSR count). The molecule has 0 saturated heterocycles. The molecule has 0 atom stereocenters. The molecule has 2 nitrogen and oxygen atoms in total. The Kier molecular flexibility index (Phi) is 33.6. The van der Waals surface area contributed by atoms with Crippen LogP contribution in [0, 0.1) is 0 Å². The van der Waals surface area contributed by atoms with Crippen LogP contribution in [0.3, 0.4) is 0 Å². The Balaban J connectivity index is -0.000000180. The third-order valence-corrected chi connectivity index (χ3v) is 1.53. The Labute approximate surface area is 112 Å². The molecule has 0 aromatic rings. The van der Waals surface area contributed by atoms with Gasteiger partial charge in [-0.15, -0.1) is 26.2 Å². The van der Waals surface area contributed by atoms with E-state index in [0.717, 1.165) is 26.2 Å². The zero-order valence-electron chi connectivity index (χ0n) is 11.1. The zero-order valence-corrected chi connectivity index (χ0v) is 12.6. The average Bonchev–Trinajstić information content (AvgIpc) is 2.21. The summed E-state index contributed by atoms with van der Waals surface area (Å²) in [5.74, 6) is 0. The van der Waals surface area contributed by atoms with E-state index in [1.807, 2.05) is 0 Å². The summed E-state index contributed by atoms with van der Waals surface area (Å²) in [4.78, 5) is 0. The van der Waals surface area contributed by atoms with Gasteiger partial charge in [0.05, 0.1) is 0 Å². The van der Waals surface area contributed by atoms with Crippen LogP contribution in [-0.4, -0.2) is 26.2 Å². The van der Waals surface area contributed by atoms with Crippen molar-refractivity contribution >= 4 is 0 Å². The smallest absolute Gasteiger partial charge is 0.662 e. The Hall–Kier alpha value is 0.634. The molecule has 0 heterocycles. The Morgan fingerprint density at radius 3 is 0.867 bits per heavy atom. The molecule has 0 saturated carbocycles. The van der Waals surface area contributed by atoms with Crippen molar-refractivity contribution in [1.29, 1.82) is 0 Å². The first-order valence-corrected chi connectivity index (χ1v) is 6.09. The molecule has 0 unspecified atom stereocenters. The third kappa shape index (κ3) is 31.3. The van der Waals surface area contributed by atoms with Gasteiger partial charge in [-0.25, -0.2) is 0 Å². The van der Waals surface area contributed by atoms with E-state index >= 15 is 0 Å². The Morgan fingerprint density at radius 2 is 0.733 bits per heavy atom. The van der Waals surface area contributed by atoms with E-state index in [-0.39, 0.29) is 21.7 Å². The van der Waals surface area contributed by atoms with Gasteiger partial charge in [0.25, 0.3) is 0 Å². The maximum absolute atomic E-state index is 4.21. The summed E-state index contributed by atoms with van der Waals surface area (Å²) in [6, 6.07) is 0. The van der Waals surface area contributed by atoms with Crippen LogP contribution < -0.4 is 0 Å². The van der Waals surface area contributed by atoms with Gasteiger partial charge in [0.15, 0.2) is 0 Å². The van der Waals surface area contributed by atoms with Crippen LogP contribution in [0.25, 0.3) is 10.6 Å². The van der Waals surface area contributed by atoms with Gasteiger partial charge in [-0.1, -0.05) is 53.4 Å². The van der Waals surface area contributed by atoms with Gasteiger partial charge in [0.1, 0.15) is 0 Å². The van der Waals surface area contributed by atoms with Crippen molar-refractivity contribution in [3.05, 3.63) is 10.6 Å². The SMILES string of the molecule is CCC[N-]CCC.CCC[N-]CCC.[Ti+2]. The van der Waals surface area contributed by atoms with Crippen LogP contribution in [0.5, 0.6) is 0 Å². The van der Waals surface area contributed by atoms with Gasteiger partial charge in [-0.2, -0.15) is 0 Å². The number of hydrogen-bond acceptors (Lipinski definition) is 0. The van der Waals surface area contributed by atoms with Gasteiger partial charge < -0.3 is 10.6 Å². The van der Waals surface area contributed by atoms with E-state index in [9.17, 15) is 0 Å². The van der Waals surface area contributed by atoms with Crippen molar-refractivity contribution in [3.8, 4) is 0 Å². The number of hydrogen-bond donors (Lipinski definition) is 0. The van der Waals surface area contributed by atoms with Crippen LogP contribution in [0.15, 0.2) is 0 Å². The van der Waals surface area contributed by atoms with Gasteiger partial charge in [0, 0.05) is 0 Å². The minimum atomic E-state index is 0. The van der Waals surface area contributed by atoms with Crippen molar-refractivity contribution in [2.75, 3.05) is 26.2 Å². The molecule has 0 radical (unpaired) electrons. The first-order valence-electron chi connectivity index (χ1n) is 6.09. The van der Waals surface area contributed by atoms with Crippen LogP contribution in [-0.2, 0) is 21.7 Å². The van der Waals surface area contributed by atoms with E-state index in [1.165, 1.54) is 25.7 Å². The summed E-state index contributed by atoms with van der Waals surface area (Å²) in [7, 11) is 0. The molecule has 90 valence electrons. The van der Waals surface area contributed by atoms with Gasteiger partial charge >= 0.3 is 21.7 Å². The van der Waals surface area contributed by atoms with Crippen LogP contribution in [0.4, 0.5) is 0 Å². The molecule has 3 heteroatoms. The summed E-state index contributed by atoms with van der Waals surface area (Å²) in [5.41, 5.74) is 0. The first kappa shape index (κ1) is 21.0. The van der Waals surface area contributed by atoms with E-state index in [1.54, 1.807) is 0 Å². The molecule has 0 bridgehead atoms. The topological polar surface area (TPSA) is 28.2 Å². The molecule has 0 fully saturated rings. The predicted octanol–water partition coefficient (Wildman–Crippen LogP) is 4.36. The van der Waals surface area contributed by atoms with Crippen molar-refractivity contribution in [1.82, 2.24) is 0 Å². The molecule has 0 aromatic carbocycles. The second kappa shape index (κ2) is 24.1. The molecule has 0 aromatic heterocycles. The van der Waals surface area contributed by atoms with Gasteiger partial charge in [0.2, 0.25) is 0 Å². The van der Waals surface area contributed by atoms with Crippen LogP contribution in [0.1, 0.15) is 53.4 Å². The molecule has 0 amide bonds. The van der Waals surface area contributed by atoms with E-state index < -0.39 is 0 Å². The first-order chi connectivity index (χ1) is 6.83. The summed E-state index contributed by atoms with van der Waals surface area (Å²) < 4.78 is 0. The Morgan fingerprint density at radius 1 is 0.533 bits per heavy atom. The van der Waals surface area contributed by atoms with Gasteiger partial charge in [-0.05, 0) is 0 Å². The van der Waals surface area contributed by atoms with Crippen molar-refractivity contribution in [2.45, 2.75) is 53.4 Å². The molecule has 0 aliphatic heterocycles. The largest absolute Gasteiger partial charge is 2.00 e.